The zero-order valence-electron chi connectivity index (χ0n) is 14.6. The molecule has 0 aromatic heterocycles. The molecule has 0 saturated carbocycles. The first kappa shape index (κ1) is 20.3. The van der Waals surface area contributed by atoms with Crippen LogP contribution in [0.25, 0.3) is 6.08 Å². The van der Waals surface area contributed by atoms with E-state index in [9.17, 15) is 14.0 Å². The van der Waals surface area contributed by atoms with Gasteiger partial charge in [-0.25, -0.2) is 9.18 Å². The molecule has 0 radical (unpaired) electrons. The summed E-state index contributed by atoms with van der Waals surface area (Å²) in [5.74, 6) is -1.35. The fourth-order valence-corrected chi connectivity index (χ4v) is 2.27. The lowest BCUT2D eigenvalue weighted by Crippen LogP contribution is -2.20. The van der Waals surface area contributed by atoms with Crippen LogP contribution in [0.3, 0.4) is 0 Å². The smallest absolute Gasteiger partial charge is 0.331 e. The molecule has 0 atom stereocenters. The lowest BCUT2D eigenvalue weighted by Gasteiger charge is -2.10. The van der Waals surface area contributed by atoms with E-state index in [1.807, 2.05) is 0 Å². The minimum absolute atomic E-state index is 0.0999. The van der Waals surface area contributed by atoms with Gasteiger partial charge in [0, 0.05) is 11.1 Å². The Hall–Kier alpha value is -3.06. The SMILES string of the molecule is COc1ccc(/C=C/C(=O)OCC(=O)Nc2cc(Cl)ccc2OC)cc1F. The van der Waals surface area contributed by atoms with E-state index < -0.39 is 24.3 Å². The number of halogens is 2. The van der Waals surface area contributed by atoms with E-state index in [4.69, 9.17) is 25.8 Å². The van der Waals surface area contributed by atoms with Gasteiger partial charge in [0.15, 0.2) is 18.2 Å². The molecule has 0 aliphatic carbocycles. The quantitative estimate of drug-likeness (QED) is 0.573. The average Bonchev–Trinajstić information content (AvgIpc) is 2.65. The number of nitrogens with one attached hydrogen (secondary N) is 1. The molecule has 142 valence electrons. The molecule has 1 N–H and O–H groups in total. The molecule has 0 spiro atoms. The van der Waals surface area contributed by atoms with E-state index in [0.717, 1.165) is 6.08 Å². The Labute approximate surface area is 160 Å². The lowest BCUT2D eigenvalue weighted by molar-refractivity contribution is -0.142. The highest BCUT2D eigenvalue weighted by molar-refractivity contribution is 6.31. The van der Waals surface area contributed by atoms with Crippen LogP contribution < -0.4 is 14.8 Å². The standard InChI is InChI=1S/C19H17ClFNO5/c1-25-16-6-3-12(9-14(16)21)4-8-19(24)27-11-18(23)22-15-10-13(20)5-7-17(15)26-2/h3-10H,11H2,1-2H3,(H,22,23)/b8-4+. The Balaban J connectivity index is 1.89. The molecule has 0 saturated heterocycles. The highest BCUT2D eigenvalue weighted by Crippen LogP contribution is 2.27. The molecule has 0 aliphatic rings. The molecular formula is C19H17ClFNO5. The molecule has 27 heavy (non-hydrogen) atoms. The summed E-state index contributed by atoms with van der Waals surface area (Å²) in [7, 11) is 2.81. The van der Waals surface area contributed by atoms with Crippen LogP contribution in [-0.4, -0.2) is 32.7 Å². The Morgan fingerprint density at radius 1 is 1.11 bits per heavy atom. The van der Waals surface area contributed by atoms with Crippen molar-refractivity contribution in [1.29, 1.82) is 0 Å². The number of rotatable bonds is 7. The van der Waals surface area contributed by atoms with Crippen molar-refractivity contribution in [3.8, 4) is 11.5 Å². The maximum atomic E-state index is 13.6. The highest BCUT2D eigenvalue weighted by atomic mass is 35.5. The summed E-state index contributed by atoms with van der Waals surface area (Å²) in [5, 5.41) is 2.95. The zero-order valence-corrected chi connectivity index (χ0v) is 15.4. The first-order valence-electron chi connectivity index (χ1n) is 7.74. The Kier molecular flexibility index (Phi) is 7.19. The number of esters is 1. The topological polar surface area (TPSA) is 73.9 Å². The number of carbonyl (C=O) groups excluding carboxylic acids is 2. The Morgan fingerprint density at radius 2 is 1.81 bits per heavy atom. The second-order valence-corrected chi connectivity index (χ2v) is 5.66. The molecule has 0 heterocycles. The van der Waals surface area contributed by atoms with Gasteiger partial charge >= 0.3 is 5.97 Å². The number of ether oxygens (including phenoxy) is 3. The van der Waals surface area contributed by atoms with Crippen LogP contribution in [0.15, 0.2) is 42.5 Å². The number of anilines is 1. The monoisotopic (exact) mass is 393 g/mol. The Morgan fingerprint density at radius 3 is 2.48 bits per heavy atom. The number of methoxy groups -OCH3 is 2. The molecule has 2 aromatic rings. The third kappa shape index (κ3) is 6.00. The molecule has 1 amide bonds. The minimum Gasteiger partial charge on any atom is -0.495 e. The summed E-state index contributed by atoms with van der Waals surface area (Å²) in [6, 6.07) is 8.94. The summed E-state index contributed by atoms with van der Waals surface area (Å²) < 4.78 is 28.3. The van der Waals surface area contributed by atoms with Crippen LogP contribution in [-0.2, 0) is 14.3 Å². The predicted molar refractivity (Wildman–Crippen MR) is 99.6 cm³/mol. The third-order valence-corrected chi connectivity index (χ3v) is 3.60. The molecular weight excluding hydrogens is 377 g/mol. The van der Waals surface area contributed by atoms with Gasteiger partial charge in [-0.3, -0.25) is 4.79 Å². The maximum Gasteiger partial charge on any atom is 0.331 e. The Bertz CT molecular complexity index is 869. The number of hydrogen-bond donors (Lipinski definition) is 1. The van der Waals surface area contributed by atoms with E-state index in [1.54, 1.807) is 18.2 Å². The molecule has 6 nitrogen and oxygen atoms in total. The maximum absolute atomic E-state index is 13.6. The van der Waals surface area contributed by atoms with E-state index in [-0.39, 0.29) is 5.75 Å². The van der Waals surface area contributed by atoms with Crippen molar-refractivity contribution < 1.29 is 28.2 Å². The van der Waals surface area contributed by atoms with Crippen molar-refractivity contribution >= 4 is 35.2 Å². The van der Waals surface area contributed by atoms with E-state index >= 15 is 0 Å². The van der Waals surface area contributed by atoms with E-state index in [0.29, 0.717) is 22.0 Å². The van der Waals surface area contributed by atoms with Crippen molar-refractivity contribution in [3.63, 3.8) is 0 Å². The van der Waals surface area contributed by atoms with Gasteiger partial charge in [0.25, 0.3) is 5.91 Å². The van der Waals surface area contributed by atoms with Crippen LogP contribution in [0.4, 0.5) is 10.1 Å². The second-order valence-electron chi connectivity index (χ2n) is 5.23. The molecule has 0 unspecified atom stereocenters. The number of amides is 1. The first-order valence-corrected chi connectivity index (χ1v) is 8.12. The largest absolute Gasteiger partial charge is 0.495 e. The number of benzene rings is 2. The van der Waals surface area contributed by atoms with Gasteiger partial charge in [-0.05, 0) is 42.0 Å². The van der Waals surface area contributed by atoms with Gasteiger partial charge in [0.2, 0.25) is 0 Å². The normalized spacial score (nSPS) is 10.5. The summed E-state index contributed by atoms with van der Waals surface area (Å²) in [6.07, 6.45) is 2.46. The molecule has 0 fully saturated rings. The van der Waals surface area contributed by atoms with Crippen molar-refractivity contribution in [2.45, 2.75) is 0 Å². The predicted octanol–water partition coefficient (Wildman–Crippen LogP) is 3.69. The summed E-state index contributed by atoms with van der Waals surface area (Å²) in [5.41, 5.74) is 0.800. The van der Waals surface area contributed by atoms with E-state index in [1.165, 1.54) is 38.5 Å². The third-order valence-electron chi connectivity index (χ3n) is 3.37. The summed E-state index contributed by atoms with van der Waals surface area (Å²) >= 11 is 5.88. The number of carbonyl (C=O) groups is 2. The van der Waals surface area contributed by atoms with Gasteiger partial charge < -0.3 is 19.5 Å². The summed E-state index contributed by atoms with van der Waals surface area (Å²) in [6.45, 7) is -0.504. The van der Waals surface area contributed by atoms with Crippen molar-refractivity contribution in [2.24, 2.45) is 0 Å². The van der Waals surface area contributed by atoms with Crippen LogP contribution in [0.1, 0.15) is 5.56 Å². The van der Waals surface area contributed by atoms with Crippen molar-refractivity contribution in [1.82, 2.24) is 0 Å². The molecule has 0 aliphatic heterocycles. The van der Waals surface area contributed by atoms with Gasteiger partial charge in [-0.2, -0.15) is 0 Å². The average molecular weight is 394 g/mol. The van der Waals surface area contributed by atoms with Gasteiger partial charge in [0.1, 0.15) is 5.75 Å². The second kappa shape index (κ2) is 9.59. The fraction of sp³-hybridized carbons (Fsp3) is 0.158. The molecule has 2 rings (SSSR count). The fourth-order valence-electron chi connectivity index (χ4n) is 2.10. The molecule has 8 heteroatoms. The lowest BCUT2D eigenvalue weighted by atomic mass is 10.2. The number of hydrogen-bond acceptors (Lipinski definition) is 5. The van der Waals surface area contributed by atoms with Gasteiger partial charge in [-0.1, -0.05) is 17.7 Å². The summed E-state index contributed by atoms with van der Waals surface area (Å²) in [4.78, 5) is 23.6. The van der Waals surface area contributed by atoms with E-state index in [2.05, 4.69) is 5.32 Å². The van der Waals surface area contributed by atoms with Crippen LogP contribution in [0.5, 0.6) is 11.5 Å². The zero-order chi connectivity index (χ0) is 19.8. The van der Waals surface area contributed by atoms with Gasteiger partial charge in [-0.15, -0.1) is 0 Å². The van der Waals surface area contributed by atoms with Crippen LogP contribution in [0.2, 0.25) is 5.02 Å². The van der Waals surface area contributed by atoms with Crippen molar-refractivity contribution in [3.05, 3.63) is 58.9 Å². The molecule has 2 aromatic carbocycles. The first-order chi connectivity index (χ1) is 12.9. The van der Waals surface area contributed by atoms with Gasteiger partial charge in [0.05, 0.1) is 19.9 Å². The van der Waals surface area contributed by atoms with Crippen molar-refractivity contribution in [2.75, 3.05) is 26.1 Å². The molecule has 0 bridgehead atoms. The highest BCUT2D eigenvalue weighted by Gasteiger charge is 2.10. The van der Waals surface area contributed by atoms with Crippen LogP contribution >= 0.6 is 11.6 Å². The minimum atomic E-state index is -0.751. The van der Waals surface area contributed by atoms with Crippen LogP contribution in [0, 0.1) is 5.82 Å².